The van der Waals surface area contributed by atoms with Gasteiger partial charge < -0.3 is 15.6 Å². The first-order valence-corrected chi connectivity index (χ1v) is 12.8. The molecule has 2 amide bonds. The van der Waals surface area contributed by atoms with E-state index in [-0.39, 0.29) is 23.1 Å². The third kappa shape index (κ3) is 4.26. The lowest BCUT2D eigenvalue weighted by molar-refractivity contribution is 0.0945. The van der Waals surface area contributed by atoms with Crippen molar-refractivity contribution in [2.24, 2.45) is 0 Å². The predicted octanol–water partition coefficient (Wildman–Crippen LogP) is 3.09. The number of carbonyl (C=O) groups excluding carboxylic acids is 2. The molecule has 1 aliphatic carbocycles. The number of fused-ring (bicyclic) bond motifs is 1. The summed E-state index contributed by atoms with van der Waals surface area (Å²) in [5.41, 5.74) is 1.72. The number of carbonyl (C=O) groups is 2. The average Bonchev–Trinajstić information content (AvgIpc) is 3.12. The Morgan fingerprint density at radius 2 is 1.76 bits per heavy atom. The first kappa shape index (κ1) is 22.1. The molecule has 0 unspecified atom stereocenters. The van der Waals surface area contributed by atoms with Gasteiger partial charge in [0, 0.05) is 16.4 Å². The smallest absolute Gasteiger partial charge is 0.261 e. The number of amides is 2. The molecule has 3 N–H and O–H groups in total. The summed E-state index contributed by atoms with van der Waals surface area (Å²) < 4.78 is 23.2. The Kier molecular flexibility index (Phi) is 5.57. The number of benzene rings is 2. The molecular weight excluding hydrogens is 454 g/mol. The molecule has 2 heterocycles. The van der Waals surface area contributed by atoms with E-state index in [1.54, 1.807) is 24.3 Å². The van der Waals surface area contributed by atoms with Gasteiger partial charge in [0.2, 0.25) is 0 Å². The van der Waals surface area contributed by atoms with Gasteiger partial charge in [0.15, 0.2) is 9.84 Å². The van der Waals surface area contributed by atoms with E-state index in [1.165, 1.54) is 12.1 Å². The Balaban J connectivity index is 1.52. The van der Waals surface area contributed by atoms with Crippen LogP contribution in [0.2, 0.25) is 0 Å². The minimum atomic E-state index is -3.34. The van der Waals surface area contributed by atoms with Gasteiger partial charge in [-0.15, -0.1) is 0 Å². The van der Waals surface area contributed by atoms with Crippen molar-refractivity contribution in [2.45, 2.75) is 31.2 Å². The molecule has 34 heavy (non-hydrogen) atoms. The molecule has 9 heteroatoms. The van der Waals surface area contributed by atoms with Gasteiger partial charge in [-0.2, -0.15) is 0 Å². The van der Waals surface area contributed by atoms with Gasteiger partial charge >= 0.3 is 0 Å². The van der Waals surface area contributed by atoms with Crippen molar-refractivity contribution in [3.05, 3.63) is 87.1 Å². The van der Waals surface area contributed by atoms with Crippen molar-refractivity contribution >= 4 is 38.2 Å². The summed E-state index contributed by atoms with van der Waals surface area (Å²) >= 11 is 0. The standard InChI is InChI=1S/C25H23N3O5S/c29-23(16-5-2-1-3-6-16)28-22-19(15-7-4-8-15)10-9-17-13-20(25(31)27-21(17)22)24(30)26-18-11-12-34(32,33)14-18/h1-3,5-6,9-13,15,18H,4,7-8,14H2,(H,26,30)(H,27,31)(H,28,29)/t18-/m1/s1. The van der Waals surface area contributed by atoms with Gasteiger partial charge in [0.25, 0.3) is 17.4 Å². The molecule has 3 aromatic rings. The monoisotopic (exact) mass is 477 g/mol. The van der Waals surface area contributed by atoms with E-state index < -0.39 is 27.3 Å². The molecule has 8 nitrogen and oxygen atoms in total. The van der Waals surface area contributed by atoms with Crippen LogP contribution >= 0.6 is 0 Å². The van der Waals surface area contributed by atoms with Crippen LogP contribution in [0.15, 0.2) is 64.8 Å². The molecule has 174 valence electrons. The Hall–Kier alpha value is -3.72. The third-order valence-electron chi connectivity index (χ3n) is 6.36. The maximum Gasteiger partial charge on any atom is 0.261 e. The summed E-state index contributed by atoms with van der Waals surface area (Å²) in [6.45, 7) is 0. The number of pyridine rings is 1. The van der Waals surface area contributed by atoms with Crippen LogP contribution < -0.4 is 16.2 Å². The number of anilines is 1. The van der Waals surface area contributed by atoms with Crippen molar-refractivity contribution < 1.29 is 18.0 Å². The van der Waals surface area contributed by atoms with Crippen LogP contribution in [0.25, 0.3) is 10.9 Å². The predicted molar refractivity (Wildman–Crippen MR) is 130 cm³/mol. The third-order valence-corrected chi connectivity index (χ3v) is 7.76. The Morgan fingerprint density at radius 1 is 1.00 bits per heavy atom. The zero-order valence-corrected chi connectivity index (χ0v) is 19.0. The minimum Gasteiger partial charge on any atom is -0.345 e. The van der Waals surface area contributed by atoms with Gasteiger partial charge in [-0.1, -0.05) is 36.8 Å². The normalized spacial score (nSPS) is 19.0. The van der Waals surface area contributed by atoms with Crippen LogP contribution in [0.3, 0.4) is 0 Å². The second-order valence-electron chi connectivity index (χ2n) is 8.69. The van der Waals surface area contributed by atoms with Gasteiger partial charge in [-0.25, -0.2) is 8.42 Å². The molecule has 1 aromatic heterocycles. The van der Waals surface area contributed by atoms with Gasteiger partial charge in [0.05, 0.1) is 23.0 Å². The number of hydrogen-bond acceptors (Lipinski definition) is 5. The molecule has 1 aliphatic heterocycles. The molecule has 1 fully saturated rings. The maximum atomic E-state index is 12.9. The summed E-state index contributed by atoms with van der Waals surface area (Å²) in [5, 5.41) is 7.21. The second kappa shape index (κ2) is 8.57. The van der Waals surface area contributed by atoms with Crippen molar-refractivity contribution in [1.29, 1.82) is 0 Å². The highest BCUT2D eigenvalue weighted by Crippen LogP contribution is 2.42. The second-order valence-corrected chi connectivity index (χ2v) is 10.6. The van der Waals surface area contributed by atoms with Crippen LogP contribution in [0.1, 0.15) is 51.5 Å². The number of H-pyrrole nitrogens is 1. The number of aromatic amines is 1. The van der Waals surface area contributed by atoms with Crippen LogP contribution in [0.5, 0.6) is 0 Å². The fourth-order valence-electron chi connectivity index (χ4n) is 4.34. The van der Waals surface area contributed by atoms with Gasteiger partial charge in [0.1, 0.15) is 5.56 Å². The lowest BCUT2D eigenvalue weighted by atomic mass is 9.79. The Bertz CT molecular complexity index is 1490. The van der Waals surface area contributed by atoms with Crippen molar-refractivity contribution in [2.75, 3.05) is 11.1 Å². The lowest BCUT2D eigenvalue weighted by Crippen LogP contribution is -2.38. The first-order chi connectivity index (χ1) is 16.3. The first-order valence-electron chi connectivity index (χ1n) is 11.1. The molecule has 2 aromatic carbocycles. The summed E-state index contributed by atoms with van der Waals surface area (Å²) in [6.07, 6.45) is 4.50. The molecule has 5 rings (SSSR count). The van der Waals surface area contributed by atoms with E-state index >= 15 is 0 Å². The van der Waals surface area contributed by atoms with Crippen LogP contribution in [0, 0.1) is 0 Å². The SMILES string of the molecule is O=C(Nc1c(C2CCC2)ccc2cc(C(=O)N[C@@H]3C=CS(=O)(=O)C3)c(=O)[nH]c12)c1ccccc1. The molecular formula is C25H23N3O5S. The topological polar surface area (TPSA) is 125 Å². The highest BCUT2D eigenvalue weighted by atomic mass is 32.2. The summed E-state index contributed by atoms with van der Waals surface area (Å²) in [6, 6.07) is 13.4. The van der Waals surface area contributed by atoms with Gasteiger partial charge in [-0.3, -0.25) is 14.4 Å². The fourth-order valence-corrected chi connectivity index (χ4v) is 5.58. The lowest BCUT2D eigenvalue weighted by Gasteiger charge is -2.28. The van der Waals surface area contributed by atoms with Crippen molar-refractivity contribution in [1.82, 2.24) is 10.3 Å². The molecule has 0 radical (unpaired) electrons. The van der Waals surface area contributed by atoms with Crippen molar-refractivity contribution in [3.63, 3.8) is 0 Å². The van der Waals surface area contributed by atoms with Crippen molar-refractivity contribution in [3.8, 4) is 0 Å². The van der Waals surface area contributed by atoms with E-state index in [0.29, 0.717) is 22.2 Å². The number of aromatic nitrogens is 1. The molecule has 1 atom stereocenters. The minimum absolute atomic E-state index is 0.123. The Morgan fingerprint density at radius 3 is 2.41 bits per heavy atom. The van der Waals surface area contributed by atoms with E-state index in [9.17, 15) is 22.8 Å². The molecule has 1 saturated carbocycles. The summed E-state index contributed by atoms with van der Waals surface area (Å²) in [7, 11) is -3.34. The molecule has 0 bridgehead atoms. The molecule has 0 saturated heterocycles. The summed E-state index contributed by atoms with van der Waals surface area (Å²) in [5.74, 6) is -0.888. The largest absolute Gasteiger partial charge is 0.345 e. The highest BCUT2D eigenvalue weighted by molar-refractivity contribution is 7.94. The number of nitrogens with one attached hydrogen (secondary N) is 3. The maximum absolute atomic E-state index is 12.9. The molecule has 2 aliphatic rings. The Labute approximate surface area is 196 Å². The quantitative estimate of drug-likeness (QED) is 0.521. The average molecular weight is 478 g/mol. The van der Waals surface area contributed by atoms with E-state index in [2.05, 4.69) is 15.6 Å². The van der Waals surface area contributed by atoms with Crippen LogP contribution in [0.4, 0.5) is 5.69 Å². The zero-order valence-electron chi connectivity index (χ0n) is 18.2. The zero-order chi connectivity index (χ0) is 23.9. The van der Waals surface area contributed by atoms with Gasteiger partial charge in [-0.05, 0) is 48.6 Å². The van der Waals surface area contributed by atoms with E-state index in [0.717, 1.165) is 30.2 Å². The van der Waals surface area contributed by atoms with E-state index in [1.807, 2.05) is 18.2 Å². The highest BCUT2D eigenvalue weighted by Gasteiger charge is 2.27. The summed E-state index contributed by atoms with van der Waals surface area (Å²) in [4.78, 5) is 41.3. The van der Waals surface area contributed by atoms with Crippen LogP contribution in [-0.4, -0.2) is 37.0 Å². The fraction of sp³-hybridized carbons (Fsp3) is 0.240. The van der Waals surface area contributed by atoms with E-state index in [4.69, 9.17) is 0 Å². The number of rotatable bonds is 5. The number of sulfone groups is 1. The molecule has 0 spiro atoms. The van der Waals surface area contributed by atoms with Crippen LogP contribution in [-0.2, 0) is 9.84 Å². The number of hydrogen-bond donors (Lipinski definition) is 3.